The maximum atomic E-state index is 13.5. The SMILES string of the molecule is C[C@H]1CCCC[C@@H]1N1C(=O)/C(=C/c2ccc3c(c2)OCO3)SC1=Nc1ccccc1. The zero-order valence-corrected chi connectivity index (χ0v) is 17.7. The van der Waals surface area contributed by atoms with Gasteiger partial charge in [0.15, 0.2) is 16.7 Å². The lowest BCUT2D eigenvalue weighted by atomic mass is 9.85. The van der Waals surface area contributed by atoms with E-state index in [4.69, 9.17) is 14.5 Å². The highest BCUT2D eigenvalue weighted by Crippen LogP contribution is 2.41. The highest BCUT2D eigenvalue weighted by atomic mass is 32.2. The number of hydrogen-bond acceptors (Lipinski definition) is 5. The third-order valence-electron chi connectivity index (χ3n) is 5.91. The topological polar surface area (TPSA) is 51.1 Å². The van der Waals surface area contributed by atoms with E-state index in [9.17, 15) is 4.79 Å². The van der Waals surface area contributed by atoms with Crippen molar-refractivity contribution in [1.82, 2.24) is 4.90 Å². The Labute approximate surface area is 180 Å². The number of thioether (sulfide) groups is 1. The van der Waals surface area contributed by atoms with Gasteiger partial charge in [0.25, 0.3) is 5.91 Å². The fourth-order valence-corrected chi connectivity index (χ4v) is 5.35. The van der Waals surface area contributed by atoms with Gasteiger partial charge in [-0.3, -0.25) is 9.69 Å². The molecule has 1 saturated heterocycles. The lowest BCUT2D eigenvalue weighted by Gasteiger charge is -2.35. The van der Waals surface area contributed by atoms with E-state index in [0.717, 1.165) is 47.2 Å². The van der Waals surface area contributed by atoms with Gasteiger partial charge >= 0.3 is 0 Å². The summed E-state index contributed by atoms with van der Waals surface area (Å²) in [7, 11) is 0. The molecule has 0 radical (unpaired) electrons. The average Bonchev–Trinajstić information content (AvgIpc) is 3.34. The Balaban J connectivity index is 1.51. The van der Waals surface area contributed by atoms with Gasteiger partial charge in [-0.1, -0.05) is 44.0 Å². The third kappa shape index (κ3) is 3.72. The minimum Gasteiger partial charge on any atom is -0.454 e. The Hall–Kier alpha value is -2.73. The van der Waals surface area contributed by atoms with E-state index < -0.39 is 0 Å². The summed E-state index contributed by atoms with van der Waals surface area (Å²) in [5, 5.41) is 0.775. The van der Waals surface area contributed by atoms with Crippen LogP contribution in [0.25, 0.3) is 6.08 Å². The van der Waals surface area contributed by atoms with Crippen LogP contribution in [0.4, 0.5) is 5.69 Å². The van der Waals surface area contributed by atoms with Crippen molar-refractivity contribution in [2.45, 2.75) is 38.6 Å². The quantitative estimate of drug-likeness (QED) is 0.607. The number of rotatable bonds is 3. The van der Waals surface area contributed by atoms with Gasteiger partial charge in [0.1, 0.15) is 0 Å². The first kappa shape index (κ1) is 19.2. The molecule has 3 aliphatic rings. The molecule has 0 aromatic heterocycles. The van der Waals surface area contributed by atoms with E-state index in [0.29, 0.717) is 10.8 Å². The van der Waals surface area contributed by atoms with Gasteiger partial charge in [-0.2, -0.15) is 0 Å². The fraction of sp³-hybridized carbons (Fsp3) is 0.333. The zero-order chi connectivity index (χ0) is 20.5. The van der Waals surface area contributed by atoms with Crippen LogP contribution in [0, 0.1) is 5.92 Å². The van der Waals surface area contributed by atoms with E-state index in [-0.39, 0.29) is 18.7 Å². The number of fused-ring (bicyclic) bond motifs is 1. The second-order valence-electron chi connectivity index (χ2n) is 7.96. The summed E-state index contributed by atoms with van der Waals surface area (Å²) < 4.78 is 10.9. The monoisotopic (exact) mass is 420 g/mol. The Bertz CT molecular complexity index is 1020. The highest BCUT2D eigenvalue weighted by molar-refractivity contribution is 8.18. The molecule has 5 rings (SSSR count). The number of benzene rings is 2. The Kier molecular flexibility index (Phi) is 5.25. The van der Waals surface area contributed by atoms with Crippen LogP contribution in [0.5, 0.6) is 11.5 Å². The predicted octanol–water partition coefficient (Wildman–Crippen LogP) is 5.60. The molecule has 154 valence electrons. The smallest absolute Gasteiger partial charge is 0.267 e. The molecule has 1 aliphatic carbocycles. The number of amides is 1. The van der Waals surface area contributed by atoms with Crippen molar-refractivity contribution in [3.63, 3.8) is 0 Å². The number of ether oxygens (including phenoxy) is 2. The van der Waals surface area contributed by atoms with Crippen molar-refractivity contribution in [2.24, 2.45) is 10.9 Å². The molecule has 2 fully saturated rings. The van der Waals surface area contributed by atoms with E-state index in [1.165, 1.54) is 18.2 Å². The third-order valence-corrected chi connectivity index (χ3v) is 6.89. The summed E-state index contributed by atoms with van der Waals surface area (Å²) in [6, 6.07) is 15.8. The lowest BCUT2D eigenvalue weighted by Crippen LogP contribution is -2.44. The molecule has 30 heavy (non-hydrogen) atoms. The summed E-state index contributed by atoms with van der Waals surface area (Å²) in [5.41, 5.74) is 1.79. The number of nitrogens with zero attached hydrogens (tertiary/aromatic N) is 2. The molecular formula is C24H24N2O3S. The van der Waals surface area contributed by atoms with Crippen LogP contribution in [-0.4, -0.2) is 28.8 Å². The normalized spacial score (nSPS) is 26.0. The zero-order valence-electron chi connectivity index (χ0n) is 16.9. The molecular weight excluding hydrogens is 396 g/mol. The minimum absolute atomic E-state index is 0.0473. The molecule has 1 saturated carbocycles. The summed E-state index contributed by atoms with van der Waals surface area (Å²) in [6.07, 6.45) is 6.50. The maximum Gasteiger partial charge on any atom is 0.267 e. The second-order valence-corrected chi connectivity index (χ2v) is 8.97. The van der Waals surface area contributed by atoms with E-state index >= 15 is 0 Å². The molecule has 0 N–H and O–H groups in total. The maximum absolute atomic E-state index is 13.5. The number of amidine groups is 1. The number of hydrogen-bond donors (Lipinski definition) is 0. The van der Waals surface area contributed by atoms with Gasteiger partial charge in [-0.25, -0.2) is 4.99 Å². The van der Waals surface area contributed by atoms with E-state index in [1.807, 2.05) is 59.5 Å². The number of carbonyl (C=O) groups is 1. The molecule has 2 aromatic carbocycles. The molecule has 2 aliphatic heterocycles. The first-order valence-corrected chi connectivity index (χ1v) is 11.3. The summed E-state index contributed by atoms with van der Waals surface area (Å²) >= 11 is 1.46. The molecule has 5 nitrogen and oxygen atoms in total. The Morgan fingerprint density at radius 3 is 2.70 bits per heavy atom. The van der Waals surface area contributed by atoms with Gasteiger partial charge in [0, 0.05) is 6.04 Å². The summed E-state index contributed by atoms with van der Waals surface area (Å²) in [5.74, 6) is 1.97. The van der Waals surface area contributed by atoms with Crippen LogP contribution in [0.1, 0.15) is 38.2 Å². The van der Waals surface area contributed by atoms with Gasteiger partial charge in [0.2, 0.25) is 6.79 Å². The van der Waals surface area contributed by atoms with Crippen molar-refractivity contribution >= 4 is 34.6 Å². The van der Waals surface area contributed by atoms with Crippen molar-refractivity contribution < 1.29 is 14.3 Å². The van der Waals surface area contributed by atoms with Crippen molar-refractivity contribution in [1.29, 1.82) is 0 Å². The first-order chi connectivity index (χ1) is 14.7. The largest absolute Gasteiger partial charge is 0.454 e. The second kappa shape index (κ2) is 8.19. The average molecular weight is 421 g/mol. The molecule has 2 aromatic rings. The lowest BCUT2D eigenvalue weighted by molar-refractivity contribution is -0.124. The molecule has 2 heterocycles. The molecule has 0 bridgehead atoms. The van der Waals surface area contributed by atoms with Crippen molar-refractivity contribution in [3.05, 3.63) is 59.0 Å². The van der Waals surface area contributed by atoms with Crippen molar-refractivity contribution in [2.75, 3.05) is 6.79 Å². The van der Waals surface area contributed by atoms with Crippen LogP contribution in [0.2, 0.25) is 0 Å². The summed E-state index contributed by atoms with van der Waals surface area (Å²) in [4.78, 5) is 21.0. The van der Waals surface area contributed by atoms with Gasteiger partial charge < -0.3 is 9.47 Å². The molecule has 0 unspecified atom stereocenters. The Morgan fingerprint density at radius 1 is 1.07 bits per heavy atom. The van der Waals surface area contributed by atoms with Gasteiger partial charge in [0.05, 0.1) is 10.6 Å². The molecule has 1 amide bonds. The van der Waals surface area contributed by atoms with Gasteiger partial charge in [-0.15, -0.1) is 0 Å². The standard InChI is InChI=1S/C24H24N2O3S/c1-16-7-5-6-10-19(16)26-23(27)22(30-24(26)25-18-8-3-2-4-9-18)14-17-11-12-20-21(13-17)29-15-28-20/h2-4,8-9,11-14,16,19H,5-7,10,15H2,1H3/b22-14-,25-24?/t16-,19-/m0/s1. The van der Waals surface area contributed by atoms with Crippen LogP contribution >= 0.6 is 11.8 Å². The minimum atomic E-state index is 0.0473. The van der Waals surface area contributed by atoms with Crippen LogP contribution in [0.3, 0.4) is 0 Å². The van der Waals surface area contributed by atoms with E-state index in [2.05, 4.69) is 6.92 Å². The molecule has 2 atom stereocenters. The van der Waals surface area contributed by atoms with Crippen LogP contribution < -0.4 is 9.47 Å². The Morgan fingerprint density at radius 2 is 1.87 bits per heavy atom. The fourth-order valence-electron chi connectivity index (χ4n) is 4.30. The number of para-hydroxylation sites is 1. The molecule has 6 heteroatoms. The predicted molar refractivity (Wildman–Crippen MR) is 120 cm³/mol. The number of carbonyl (C=O) groups excluding carboxylic acids is 1. The highest BCUT2D eigenvalue weighted by Gasteiger charge is 2.41. The van der Waals surface area contributed by atoms with Gasteiger partial charge in [-0.05, 0) is 66.4 Å². The van der Waals surface area contributed by atoms with Crippen LogP contribution in [0.15, 0.2) is 58.4 Å². The van der Waals surface area contributed by atoms with Crippen molar-refractivity contribution in [3.8, 4) is 11.5 Å². The summed E-state index contributed by atoms with van der Waals surface area (Å²) in [6.45, 7) is 2.49. The van der Waals surface area contributed by atoms with Crippen LogP contribution in [-0.2, 0) is 4.79 Å². The molecule has 0 spiro atoms. The number of aliphatic imine (C=N–C) groups is 1. The van der Waals surface area contributed by atoms with E-state index in [1.54, 1.807) is 0 Å². The first-order valence-electron chi connectivity index (χ1n) is 10.5.